The summed E-state index contributed by atoms with van der Waals surface area (Å²) in [7, 11) is 0. The molecule has 1 aromatic heterocycles. The number of carbonyl (C=O) groups excluding carboxylic acids is 1. The zero-order valence-corrected chi connectivity index (χ0v) is 10.9. The number of rotatable bonds is 6. The van der Waals surface area contributed by atoms with Gasteiger partial charge >= 0.3 is 0 Å². The summed E-state index contributed by atoms with van der Waals surface area (Å²) in [6.07, 6.45) is 1.55. The quantitative estimate of drug-likeness (QED) is 0.526. The van der Waals surface area contributed by atoms with E-state index in [9.17, 15) is 4.79 Å². The first-order valence-corrected chi connectivity index (χ1v) is 6.64. The molecule has 1 amide bonds. The molecule has 0 saturated heterocycles. The molecule has 0 spiro atoms. The average molecular weight is 254 g/mol. The van der Waals surface area contributed by atoms with Crippen molar-refractivity contribution in [2.75, 3.05) is 16.9 Å². The molecule has 0 bridgehead atoms. The minimum atomic E-state index is -0.175. The molecular formula is C11H18N4OS. The fourth-order valence-electron chi connectivity index (χ4n) is 1.28. The Morgan fingerprint density at radius 3 is 3.06 bits per heavy atom. The van der Waals surface area contributed by atoms with Gasteiger partial charge in [0.15, 0.2) is 0 Å². The molecule has 1 atom stereocenters. The largest absolute Gasteiger partial charge is 0.347 e. The van der Waals surface area contributed by atoms with Gasteiger partial charge in [-0.3, -0.25) is 15.6 Å². The first-order valence-electron chi connectivity index (χ1n) is 5.48. The van der Waals surface area contributed by atoms with Crippen LogP contribution in [0.1, 0.15) is 24.3 Å². The number of amides is 1. The summed E-state index contributed by atoms with van der Waals surface area (Å²) in [6.45, 7) is 4.07. The van der Waals surface area contributed by atoms with Gasteiger partial charge in [-0.1, -0.05) is 6.92 Å². The van der Waals surface area contributed by atoms with Crippen LogP contribution in [0.5, 0.6) is 0 Å². The van der Waals surface area contributed by atoms with Crippen molar-refractivity contribution in [2.24, 2.45) is 5.84 Å². The molecule has 1 aromatic rings. The number of nitrogens with two attached hydrogens (primary N) is 1. The van der Waals surface area contributed by atoms with Gasteiger partial charge in [0.05, 0.1) is 5.69 Å². The summed E-state index contributed by atoms with van der Waals surface area (Å²) in [5, 5.41) is 2.89. The molecule has 1 rings (SSSR count). The maximum Gasteiger partial charge on any atom is 0.270 e. The Morgan fingerprint density at radius 2 is 2.41 bits per heavy atom. The van der Waals surface area contributed by atoms with Crippen LogP contribution in [0.4, 0.5) is 5.69 Å². The second-order valence-electron chi connectivity index (χ2n) is 3.61. The monoisotopic (exact) mass is 254 g/mol. The van der Waals surface area contributed by atoms with Crippen LogP contribution in [0.3, 0.4) is 0 Å². The van der Waals surface area contributed by atoms with Gasteiger partial charge in [0.2, 0.25) is 0 Å². The highest BCUT2D eigenvalue weighted by molar-refractivity contribution is 7.99. The predicted octanol–water partition coefficient (Wildman–Crippen LogP) is 1.24. The van der Waals surface area contributed by atoms with Crippen molar-refractivity contribution in [3.8, 4) is 0 Å². The summed E-state index contributed by atoms with van der Waals surface area (Å²) in [5.74, 6) is 7.04. The second kappa shape index (κ2) is 7.13. The minimum absolute atomic E-state index is 0.128. The third kappa shape index (κ3) is 4.62. The van der Waals surface area contributed by atoms with Crippen LogP contribution in [-0.4, -0.2) is 28.4 Å². The third-order valence-corrected chi connectivity index (χ3v) is 3.25. The molecule has 94 valence electrons. The van der Waals surface area contributed by atoms with Crippen molar-refractivity contribution in [2.45, 2.75) is 19.9 Å². The van der Waals surface area contributed by atoms with Crippen LogP contribution in [0, 0.1) is 0 Å². The highest BCUT2D eigenvalue weighted by Crippen LogP contribution is 2.07. The minimum Gasteiger partial charge on any atom is -0.347 e. The molecule has 0 radical (unpaired) electrons. The van der Waals surface area contributed by atoms with Gasteiger partial charge in [0, 0.05) is 18.0 Å². The number of hydrazine groups is 1. The lowest BCUT2D eigenvalue weighted by Crippen LogP contribution is -2.34. The number of aromatic nitrogens is 1. The Bertz CT molecular complexity index is 372. The van der Waals surface area contributed by atoms with E-state index < -0.39 is 0 Å². The Balaban J connectivity index is 2.56. The molecule has 0 aliphatic rings. The maximum atomic E-state index is 11.8. The van der Waals surface area contributed by atoms with E-state index in [1.54, 1.807) is 30.1 Å². The van der Waals surface area contributed by atoms with E-state index in [0.29, 0.717) is 11.4 Å². The SMILES string of the molecule is CCSCC(C)NC(=O)c1cc(NN)ccn1. The van der Waals surface area contributed by atoms with Gasteiger partial charge in [0.25, 0.3) is 5.91 Å². The van der Waals surface area contributed by atoms with Crippen LogP contribution < -0.4 is 16.6 Å². The molecule has 6 heteroatoms. The lowest BCUT2D eigenvalue weighted by Gasteiger charge is -2.12. The highest BCUT2D eigenvalue weighted by atomic mass is 32.2. The number of hydrogen-bond acceptors (Lipinski definition) is 5. The van der Waals surface area contributed by atoms with Crippen molar-refractivity contribution in [3.63, 3.8) is 0 Å². The summed E-state index contributed by atoms with van der Waals surface area (Å²) in [5.41, 5.74) is 3.52. The summed E-state index contributed by atoms with van der Waals surface area (Å²) < 4.78 is 0. The smallest absolute Gasteiger partial charge is 0.270 e. The van der Waals surface area contributed by atoms with Crippen molar-refractivity contribution in [1.82, 2.24) is 10.3 Å². The van der Waals surface area contributed by atoms with Gasteiger partial charge in [0.1, 0.15) is 5.69 Å². The molecule has 1 unspecified atom stereocenters. The normalized spacial score (nSPS) is 11.9. The van der Waals surface area contributed by atoms with Crippen molar-refractivity contribution < 1.29 is 4.79 Å². The molecule has 1 heterocycles. The number of carbonyl (C=O) groups is 1. The van der Waals surface area contributed by atoms with Gasteiger partial charge in [-0.25, -0.2) is 0 Å². The van der Waals surface area contributed by atoms with Crippen molar-refractivity contribution in [3.05, 3.63) is 24.0 Å². The molecule has 0 fully saturated rings. The van der Waals surface area contributed by atoms with Crippen LogP contribution in [-0.2, 0) is 0 Å². The second-order valence-corrected chi connectivity index (χ2v) is 4.93. The fourth-order valence-corrected chi connectivity index (χ4v) is 1.95. The Kier molecular flexibility index (Phi) is 5.79. The van der Waals surface area contributed by atoms with E-state index in [4.69, 9.17) is 5.84 Å². The van der Waals surface area contributed by atoms with Crippen LogP contribution in [0.15, 0.2) is 18.3 Å². The van der Waals surface area contributed by atoms with Crippen molar-refractivity contribution >= 4 is 23.4 Å². The summed E-state index contributed by atoms with van der Waals surface area (Å²) in [6, 6.07) is 3.45. The molecule has 0 aromatic carbocycles. The number of anilines is 1. The molecule has 0 aliphatic heterocycles. The molecule has 0 saturated carbocycles. The summed E-state index contributed by atoms with van der Waals surface area (Å²) >= 11 is 1.79. The van der Waals surface area contributed by atoms with Crippen LogP contribution in [0.25, 0.3) is 0 Å². The number of nitrogen functional groups attached to an aromatic ring is 1. The van der Waals surface area contributed by atoms with E-state index in [1.165, 1.54) is 0 Å². The van der Waals surface area contributed by atoms with E-state index in [2.05, 4.69) is 22.7 Å². The molecule has 0 aliphatic carbocycles. The number of hydrogen-bond donors (Lipinski definition) is 3. The molecule has 17 heavy (non-hydrogen) atoms. The number of nitrogens with one attached hydrogen (secondary N) is 2. The first kappa shape index (κ1) is 13.8. The van der Waals surface area contributed by atoms with Gasteiger partial charge in [-0.2, -0.15) is 11.8 Å². The average Bonchev–Trinajstić information content (AvgIpc) is 2.36. The zero-order valence-electron chi connectivity index (χ0n) is 10.1. The number of pyridine rings is 1. The summed E-state index contributed by atoms with van der Waals surface area (Å²) in [4.78, 5) is 15.8. The van der Waals surface area contributed by atoms with E-state index in [0.717, 1.165) is 11.5 Å². The lowest BCUT2D eigenvalue weighted by molar-refractivity contribution is 0.0939. The predicted molar refractivity (Wildman–Crippen MR) is 72.0 cm³/mol. The van der Waals surface area contributed by atoms with Gasteiger partial charge in [-0.05, 0) is 24.8 Å². The Morgan fingerprint density at radius 1 is 1.65 bits per heavy atom. The Labute approximate surface area is 106 Å². The molecular weight excluding hydrogens is 236 g/mol. The standard InChI is InChI=1S/C11H18N4OS/c1-3-17-7-8(2)14-11(16)10-6-9(15-12)4-5-13-10/h4-6,8H,3,7,12H2,1-2H3,(H,13,15)(H,14,16). The fraction of sp³-hybridized carbons (Fsp3) is 0.455. The van der Waals surface area contributed by atoms with E-state index in [-0.39, 0.29) is 11.9 Å². The molecule has 4 N–H and O–H groups in total. The van der Waals surface area contributed by atoms with Gasteiger partial charge < -0.3 is 10.7 Å². The topological polar surface area (TPSA) is 80.0 Å². The Hall–Kier alpha value is -1.27. The van der Waals surface area contributed by atoms with Crippen LogP contribution in [0.2, 0.25) is 0 Å². The number of nitrogens with zero attached hydrogens (tertiary/aromatic N) is 1. The molecule has 5 nitrogen and oxygen atoms in total. The maximum absolute atomic E-state index is 11.8. The third-order valence-electron chi connectivity index (χ3n) is 2.11. The van der Waals surface area contributed by atoms with Crippen molar-refractivity contribution in [1.29, 1.82) is 0 Å². The first-order chi connectivity index (χ1) is 8.17. The van der Waals surface area contributed by atoms with E-state index >= 15 is 0 Å². The zero-order chi connectivity index (χ0) is 12.7. The van der Waals surface area contributed by atoms with Gasteiger partial charge in [-0.15, -0.1) is 0 Å². The van der Waals surface area contributed by atoms with E-state index in [1.807, 2.05) is 6.92 Å². The van der Waals surface area contributed by atoms with Crippen LogP contribution >= 0.6 is 11.8 Å². The highest BCUT2D eigenvalue weighted by Gasteiger charge is 2.11. The number of thioether (sulfide) groups is 1. The lowest BCUT2D eigenvalue weighted by atomic mass is 10.3.